The van der Waals surface area contributed by atoms with E-state index in [0.717, 1.165) is 32.2 Å². The molecule has 1 amide bonds. The summed E-state index contributed by atoms with van der Waals surface area (Å²) in [6, 6.07) is 6.09. The number of nitrogens with zero attached hydrogens (tertiary/aromatic N) is 6. The van der Waals surface area contributed by atoms with Crippen LogP contribution in [0.25, 0.3) is 32.9 Å². The van der Waals surface area contributed by atoms with Gasteiger partial charge in [0, 0.05) is 36.1 Å². The van der Waals surface area contributed by atoms with E-state index < -0.39 is 37.0 Å². The maximum Gasteiger partial charge on any atom is 0.410 e. The van der Waals surface area contributed by atoms with Crippen LogP contribution in [0.3, 0.4) is 0 Å². The number of nitrogen functional groups attached to an aromatic ring is 1. The Labute approximate surface area is 383 Å². The van der Waals surface area contributed by atoms with Crippen molar-refractivity contribution < 1.29 is 27.4 Å². The van der Waals surface area contributed by atoms with E-state index in [1.165, 1.54) is 6.07 Å². The van der Waals surface area contributed by atoms with Gasteiger partial charge in [-0.05, 0) is 112 Å². The molecule has 9 rings (SSSR count). The number of nitrogens with two attached hydrogens (primary N) is 1. The molecule has 4 fully saturated rings. The average molecular weight is 910 g/mol. The Kier molecular flexibility index (Phi) is 11.6. The molecule has 348 valence electrons. The van der Waals surface area contributed by atoms with E-state index in [-0.39, 0.29) is 59.5 Å². The third kappa shape index (κ3) is 7.70. The Hall–Kier alpha value is -4.61. The van der Waals surface area contributed by atoms with Crippen LogP contribution in [-0.2, 0) is 4.74 Å². The molecule has 0 saturated carbocycles. The number of fused-ring (bicyclic) bond motifs is 7. The first-order valence-corrected chi connectivity index (χ1v) is 26.2. The molecule has 14 heteroatoms. The molecule has 10 nitrogen and oxygen atoms in total. The highest BCUT2D eigenvalue weighted by atomic mass is 28.3. The summed E-state index contributed by atoms with van der Waals surface area (Å²) in [5, 5.41) is 1.57. The summed E-state index contributed by atoms with van der Waals surface area (Å²) >= 11 is 0. The number of rotatable bonds is 7. The van der Waals surface area contributed by atoms with Crippen molar-refractivity contribution in [1.82, 2.24) is 24.8 Å². The minimum atomic E-state index is -2.32. The van der Waals surface area contributed by atoms with Gasteiger partial charge in [-0.3, -0.25) is 9.80 Å². The minimum Gasteiger partial charge on any atom is -0.461 e. The first kappa shape index (κ1) is 45.5. The molecule has 2 bridgehead atoms. The predicted molar refractivity (Wildman–Crippen MR) is 255 cm³/mol. The highest BCUT2D eigenvalue weighted by Gasteiger charge is 2.52. The van der Waals surface area contributed by atoms with E-state index in [9.17, 15) is 9.18 Å². The fourth-order valence-electron chi connectivity index (χ4n) is 12.8. The number of carbonyl (C=O) groups excluding carboxylic acids is 1. The summed E-state index contributed by atoms with van der Waals surface area (Å²) in [6.45, 7) is 22.8. The van der Waals surface area contributed by atoms with Gasteiger partial charge in [0.1, 0.15) is 49.3 Å². The minimum absolute atomic E-state index is 0.000632. The Bertz CT molecular complexity index is 2590. The Morgan fingerprint density at radius 1 is 0.969 bits per heavy atom. The number of amides is 1. The van der Waals surface area contributed by atoms with Crippen molar-refractivity contribution in [2.24, 2.45) is 0 Å². The van der Waals surface area contributed by atoms with Crippen LogP contribution >= 0.6 is 0 Å². The molecule has 6 atom stereocenters. The highest BCUT2D eigenvalue weighted by Crippen LogP contribution is 2.48. The normalized spacial score (nSPS) is 25.6. The van der Waals surface area contributed by atoms with Gasteiger partial charge < -0.3 is 20.1 Å². The number of alkyl halides is 1. The zero-order valence-corrected chi connectivity index (χ0v) is 40.8. The number of piperazine rings is 1. The van der Waals surface area contributed by atoms with Crippen molar-refractivity contribution in [3.63, 3.8) is 0 Å². The van der Waals surface area contributed by atoms with Gasteiger partial charge >= 0.3 is 12.1 Å². The molecule has 2 N–H and O–H groups in total. The van der Waals surface area contributed by atoms with Crippen LogP contribution in [0.4, 0.5) is 29.5 Å². The molecule has 5 aliphatic rings. The fourth-order valence-corrected chi connectivity index (χ4v) is 18.0. The first-order valence-electron chi connectivity index (χ1n) is 24.0. The second-order valence-electron chi connectivity index (χ2n) is 21.7. The quantitative estimate of drug-likeness (QED) is 0.110. The Morgan fingerprint density at radius 3 is 2.40 bits per heavy atom. The van der Waals surface area contributed by atoms with Gasteiger partial charge in [0.15, 0.2) is 5.82 Å². The number of ether oxygens (including phenoxy) is 2. The number of aromatic nitrogens is 3. The molecule has 2 aromatic heterocycles. The first-order chi connectivity index (χ1) is 30.7. The zero-order valence-electron chi connectivity index (χ0n) is 39.8. The molecule has 65 heavy (non-hydrogen) atoms. The summed E-state index contributed by atoms with van der Waals surface area (Å²) in [5.41, 5.74) is 11.7. The zero-order chi connectivity index (χ0) is 46.5. The van der Waals surface area contributed by atoms with Crippen molar-refractivity contribution in [3.8, 4) is 28.7 Å². The number of hydrogen-bond acceptors (Lipinski definition) is 9. The van der Waals surface area contributed by atoms with Crippen LogP contribution in [0.15, 0.2) is 24.3 Å². The topological polar surface area (TPSA) is 110 Å². The van der Waals surface area contributed by atoms with Gasteiger partial charge in [0.25, 0.3) is 0 Å². The van der Waals surface area contributed by atoms with Crippen LogP contribution in [-0.4, -0.2) is 101 Å². The van der Waals surface area contributed by atoms with E-state index >= 15 is 8.78 Å². The van der Waals surface area contributed by atoms with Crippen molar-refractivity contribution in [1.29, 1.82) is 0 Å². The standard InChI is InChI=1S/C51H66F3N7O3Si/c1-28(2)65(29(3)4,30(5)6)21-18-36-38(53)15-13-32-22-34(55)23-37(41(32)36)45-43(54)46-42-44(56-45)31(7)12-16-39-40-17-14-35(61(40)49(62)64-50(8,9)10)26-60(39)47(42)58-48(57-46)63-27-51-19-11-20-59(51)25-33(52)24-51/h13,15,22-23,28-31,33,35,39-40H,11-12,14,16-17,19-20,24-27,55H2,1-10H3/t31-,33-,35-,39+,40+,51+/m1/s1. The van der Waals surface area contributed by atoms with Crippen molar-refractivity contribution in [2.75, 3.05) is 36.9 Å². The lowest BCUT2D eigenvalue weighted by molar-refractivity contribution is 0.00692. The van der Waals surface area contributed by atoms with Gasteiger partial charge in [-0.2, -0.15) is 9.97 Å². The van der Waals surface area contributed by atoms with E-state index in [2.05, 4.69) is 69.7 Å². The molecular formula is C51H66F3N7O3Si. The van der Waals surface area contributed by atoms with Crippen LogP contribution in [0.5, 0.6) is 6.01 Å². The van der Waals surface area contributed by atoms with Crippen molar-refractivity contribution in [2.45, 2.75) is 172 Å². The van der Waals surface area contributed by atoms with Gasteiger partial charge in [0.05, 0.1) is 40.3 Å². The summed E-state index contributed by atoms with van der Waals surface area (Å²) in [6.07, 6.45) is 3.80. The van der Waals surface area contributed by atoms with E-state index in [0.29, 0.717) is 87.9 Å². The lowest BCUT2D eigenvalue weighted by atomic mass is 9.87. The van der Waals surface area contributed by atoms with Crippen LogP contribution in [0.1, 0.15) is 131 Å². The number of hydrogen-bond donors (Lipinski definition) is 1. The SMILES string of the molecule is CC(C)[Si](C#Cc1c(F)ccc2cc(N)cc(-c3nc4c5c(nc(OC[C@@]67CCCN6C[C@H](F)C7)nc5c3F)N3C[C@H]5CC[C@@H]([C@@H]3CC[C@H]4C)N5C(=O)OC(C)(C)C)c12)(C(C)C)C(C)C. The lowest BCUT2D eigenvalue weighted by Gasteiger charge is -2.48. The van der Waals surface area contributed by atoms with E-state index in [4.69, 9.17) is 30.2 Å². The predicted octanol–water partition coefficient (Wildman–Crippen LogP) is 11.1. The van der Waals surface area contributed by atoms with Crippen LogP contribution in [0, 0.1) is 23.1 Å². The van der Waals surface area contributed by atoms with Gasteiger partial charge in [0.2, 0.25) is 0 Å². The third-order valence-electron chi connectivity index (χ3n) is 15.7. The number of halogens is 3. The van der Waals surface area contributed by atoms with Crippen LogP contribution < -0.4 is 15.4 Å². The lowest BCUT2D eigenvalue weighted by Crippen LogP contribution is -2.62. The number of anilines is 2. The van der Waals surface area contributed by atoms with Crippen LogP contribution in [0.2, 0.25) is 16.6 Å². The monoisotopic (exact) mass is 909 g/mol. The molecule has 4 aromatic rings. The summed E-state index contributed by atoms with van der Waals surface area (Å²) in [4.78, 5) is 35.4. The second kappa shape index (κ2) is 16.6. The second-order valence-corrected chi connectivity index (χ2v) is 27.3. The maximum absolute atomic E-state index is 18.2. The summed E-state index contributed by atoms with van der Waals surface area (Å²) < 4.78 is 62.1. The molecule has 5 aliphatic heterocycles. The molecule has 4 saturated heterocycles. The highest BCUT2D eigenvalue weighted by molar-refractivity contribution is 6.90. The van der Waals surface area contributed by atoms with Crippen molar-refractivity contribution in [3.05, 3.63) is 47.2 Å². The molecule has 0 radical (unpaired) electrons. The number of carbonyl (C=O) groups is 1. The summed E-state index contributed by atoms with van der Waals surface area (Å²) in [5.74, 6) is 2.50. The molecular weight excluding hydrogens is 844 g/mol. The van der Waals surface area contributed by atoms with Gasteiger partial charge in [-0.15, -0.1) is 5.54 Å². The van der Waals surface area contributed by atoms with Crippen molar-refractivity contribution >= 4 is 47.3 Å². The molecule has 2 aromatic carbocycles. The number of pyridine rings is 1. The maximum atomic E-state index is 18.2. The van der Waals surface area contributed by atoms with E-state index in [1.807, 2.05) is 25.7 Å². The van der Waals surface area contributed by atoms with E-state index in [1.54, 1.807) is 18.2 Å². The molecule has 0 unspecified atom stereocenters. The number of benzene rings is 2. The Balaban J connectivity index is 1.25. The third-order valence-corrected chi connectivity index (χ3v) is 21.9. The van der Waals surface area contributed by atoms with Gasteiger partial charge in [-0.1, -0.05) is 60.5 Å². The Morgan fingerprint density at radius 2 is 1.69 bits per heavy atom. The summed E-state index contributed by atoms with van der Waals surface area (Å²) in [7, 11) is -2.32. The molecule has 0 aliphatic carbocycles. The molecule has 7 heterocycles. The smallest absolute Gasteiger partial charge is 0.410 e. The largest absolute Gasteiger partial charge is 0.461 e. The average Bonchev–Trinajstić information content (AvgIpc) is 3.87. The molecule has 0 spiro atoms. The fraction of sp³-hybridized carbons (Fsp3) is 0.608. The van der Waals surface area contributed by atoms with Gasteiger partial charge in [-0.25, -0.2) is 22.9 Å².